The monoisotopic (exact) mass is 445 g/mol. The van der Waals surface area contributed by atoms with Crippen molar-refractivity contribution in [2.75, 3.05) is 7.11 Å². The van der Waals surface area contributed by atoms with Crippen LogP contribution in [0.2, 0.25) is 0 Å². The molecule has 33 heavy (non-hydrogen) atoms. The van der Waals surface area contributed by atoms with Gasteiger partial charge in [0.1, 0.15) is 11.6 Å². The highest BCUT2D eigenvalue weighted by Crippen LogP contribution is 2.24. The molecule has 0 saturated carbocycles. The van der Waals surface area contributed by atoms with Gasteiger partial charge in [0, 0.05) is 18.0 Å². The molecule has 0 unspecified atom stereocenters. The zero-order valence-electron chi connectivity index (χ0n) is 17.9. The summed E-state index contributed by atoms with van der Waals surface area (Å²) in [5.41, 5.74) is 4.59. The average Bonchev–Trinajstić information content (AvgIpc) is 3.20. The lowest BCUT2D eigenvalue weighted by molar-refractivity contribution is 0.0954. The maximum atomic E-state index is 13.4. The van der Waals surface area contributed by atoms with E-state index in [1.165, 1.54) is 35.1 Å². The van der Waals surface area contributed by atoms with Crippen LogP contribution in [0.5, 0.6) is 5.75 Å². The fraction of sp³-hybridized carbons (Fsp3) is 0.0833. The Balaban J connectivity index is 1.78. The van der Waals surface area contributed by atoms with Gasteiger partial charge in [-0.3, -0.25) is 19.7 Å². The molecule has 0 aliphatic carbocycles. The maximum Gasteiger partial charge on any atom is 0.281 e. The smallest absolute Gasteiger partial charge is 0.281 e. The van der Waals surface area contributed by atoms with Crippen molar-refractivity contribution in [3.8, 4) is 22.7 Å². The number of hydrogen-bond acceptors (Lipinski definition) is 5. The van der Waals surface area contributed by atoms with Crippen molar-refractivity contribution < 1.29 is 13.9 Å². The largest absolute Gasteiger partial charge is 0.497 e. The Morgan fingerprint density at radius 1 is 1.12 bits per heavy atom. The normalized spacial score (nSPS) is 11.3. The van der Waals surface area contributed by atoms with Crippen molar-refractivity contribution in [3.63, 3.8) is 0 Å². The number of carbonyl (C=O) groups excluding carboxylic acids is 1. The van der Waals surface area contributed by atoms with E-state index in [1.54, 1.807) is 56.6 Å². The van der Waals surface area contributed by atoms with E-state index in [4.69, 9.17) is 4.74 Å². The maximum absolute atomic E-state index is 13.4. The van der Waals surface area contributed by atoms with Crippen LogP contribution in [0.1, 0.15) is 22.8 Å². The van der Waals surface area contributed by atoms with Crippen LogP contribution in [-0.2, 0) is 0 Å². The van der Waals surface area contributed by atoms with E-state index in [-0.39, 0.29) is 5.56 Å². The fourth-order valence-electron chi connectivity index (χ4n) is 3.26. The minimum absolute atomic E-state index is 0.260. The summed E-state index contributed by atoms with van der Waals surface area (Å²) in [5, 5.41) is 7.22. The van der Waals surface area contributed by atoms with E-state index in [0.29, 0.717) is 34.0 Å². The SMILES string of the molecule is COc1ccc(-c2[nH]n(-c3ccc(F)cc3)c(=O)c2C(C)=NNC(=O)c2cccnc2)cc1. The summed E-state index contributed by atoms with van der Waals surface area (Å²) in [6.07, 6.45) is 2.98. The van der Waals surface area contributed by atoms with E-state index in [1.807, 2.05) is 0 Å². The fourth-order valence-corrected chi connectivity index (χ4v) is 3.26. The Morgan fingerprint density at radius 2 is 1.85 bits per heavy atom. The number of pyridine rings is 1. The second-order valence-corrected chi connectivity index (χ2v) is 7.09. The molecular formula is C24H20FN5O3. The van der Waals surface area contributed by atoms with Crippen LogP contribution in [-0.4, -0.2) is 33.5 Å². The summed E-state index contributed by atoms with van der Waals surface area (Å²) >= 11 is 0. The summed E-state index contributed by atoms with van der Waals surface area (Å²) in [5.74, 6) is -0.206. The highest BCUT2D eigenvalue weighted by molar-refractivity contribution is 6.04. The predicted molar refractivity (Wildman–Crippen MR) is 122 cm³/mol. The molecule has 0 bridgehead atoms. The van der Waals surface area contributed by atoms with Crippen molar-refractivity contribution in [2.45, 2.75) is 6.92 Å². The number of nitrogens with zero attached hydrogens (tertiary/aromatic N) is 3. The molecular weight excluding hydrogens is 425 g/mol. The van der Waals surface area contributed by atoms with Crippen LogP contribution in [0.3, 0.4) is 0 Å². The second-order valence-electron chi connectivity index (χ2n) is 7.09. The van der Waals surface area contributed by atoms with Gasteiger partial charge in [0.2, 0.25) is 0 Å². The van der Waals surface area contributed by atoms with Gasteiger partial charge in [0.05, 0.1) is 35.3 Å². The number of amides is 1. The third-order valence-corrected chi connectivity index (χ3v) is 4.96. The Bertz CT molecular complexity index is 1360. The third-order valence-electron chi connectivity index (χ3n) is 4.96. The molecule has 2 heterocycles. The predicted octanol–water partition coefficient (Wildman–Crippen LogP) is 3.53. The van der Waals surface area contributed by atoms with E-state index >= 15 is 0 Å². The average molecular weight is 445 g/mol. The molecule has 0 aliphatic rings. The number of aromatic amines is 1. The number of hydrazone groups is 1. The van der Waals surface area contributed by atoms with Gasteiger partial charge in [-0.25, -0.2) is 14.5 Å². The van der Waals surface area contributed by atoms with Crippen molar-refractivity contribution in [3.05, 3.63) is 100 Å². The molecule has 0 atom stereocenters. The molecule has 166 valence electrons. The minimum atomic E-state index is -0.456. The van der Waals surface area contributed by atoms with Gasteiger partial charge < -0.3 is 4.74 Å². The molecule has 0 spiro atoms. The van der Waals surface area contributed by atoms with E-state index in [9.17, 15) is 14.0 Å². The Hall–Kier alpha value is -4.53. The first-order valence-corrected chi connectivity index (χ1v) is 9.98. The van der Waals surface area contributed by atoms with Crippen LogP contribution in [0.25, 0.3) is 16.9 Å². The molecule has 2 aromatic heterocycles. The number of aromatic nitrogens is 3. The first-order valence-electron chi connectivity index (χ1n) is 9.98. The summed E-state index contributed by atoms with van der Waals surface area (Å²) in [4.78, 5) is 29.6. The van der Waals surface area contributed by atoms with E-state index in [0.717, 1.165) is 0 Å². The van der Waals surface area contributed by atoms with E-state index < -0.39 is 17.3 Å². The lowest BCUT2D eigenvalue weighted by Crippen LogP contribution is -2.23. The molecule has 1 amide bonds. The lowest BCUT2D eigenvalue weighted by Gasteiger charge is -2.05. The lowest BCUT2D eigenvalue weighted by atomic mass is 10.1. The summed E-state index contributed by atoms with van der Waals surface area (Å²) < 4.78 is 19.9. The van der Waals surface area contributed by atoms with E-state index in [2.05, 4.69) is 20.6 Å². The number of H-pyrrole nitrogens is 1. The highest BCUT2D eigenvalue weighted by Gasteiger charge is 2.20. The van der Waals surface area contributed by atoms with Gasteiger partial charge in [0.25, 0.3) is 11.5 Å². The number of benzene rings is 2. The number of nitrogens with one attached hydrogen (secondary N) is 2. The summed E-state index contributed by atoms with van der Waals surface area (Å²) in [6, 6.07) is 15.9. The molecule has 9 heteroatoms. The number of halogens is 1. The molecule has 4 aromatic rings. The van der Waals surface area contributed by atoms with Gasteiger partial charge in [-0.15, -0.1) is 0 Å². The van der Waals surface area contributed by atoms with Gasteiger partial charge in [-0.1, -0.05) is 0 Å². The molecule has 2 aromatic carbocycles. The van der Waals surface area contributed by atoms with Crippen molar-refractivity contribution >= 4 is 11.6 Å². The summed E-state index contributed by atoms with van der Waals surface area (Å²) in [7, 11) is 1.56. The number of methoxy groups -OCH3 is 1. The van der Waals surface area contributed by atoms with Gasteiger partial charge >= 0.3 is 0 Å². The Morgan fingerprint density at radius 3 is 2.48 bits per heavy atom. The number of ether oxygens (including phenoxy) is 1. The van der Waals surface area contributed by atoms with Crippen LogP contribution < -0.4 is 15.7 Å². The van der Waals surface area contributed by atoms with Crippen molar-refractivity contribution in [2.24, 2.45) is 5.10 Å². The first kappa shape index (κ1) is 21.7. The number of hydrogen-bond donors (Lipinski definition) is 2. The van der Waals surface area contributed by atoms with Crippen molar-refractivity contribution in [1.82, 2.24) is 20.2 Å². The Kier molecular flexibility index (Phi) is 6.12. The van der Waals surface area contributed by atoms with Gasteiger partial charge in [0.15, 0.2) is 0 Å². The zero-order valence-corrected chi connectivity index (χ0v) is 17.9. The number of carbonyl (C=O) groups is 1. The van der Waals surface area contributed by atoms with Crippen LogP contribution in [0, 0.1) is 5.82 Å². The molecule has 0 radical (unpaired) electrons. The molecule has 8 nitrogen and oxygen atoms in total. The molecule has 2 N–H and O–H groups in total. The molecule has 0 saturated heterocycles. The molecule has 0 aliphatic heterocycles. The van der Waals surface area contributed by atoms with Gasteiger partial charge in [-0.2, -0.15) is 5.10 Å². The summed E-state index contributed by atoms with van der Waals surface area (Å²) in [6.45, 7) is 1.62. The Labute approximate surface area is 188 Å². The third kappa shape index (κ3) is 4.57. The first-order chi connectivity index (χ1) is 16.0. The molecule has 4 rings (SSSR count). The highest BCUT2D eigenvalue weighted by atomic mass is 19.1. The number of rotatable bonds is 6. The standard InChI is InChI=1S/C24H20FN5O3/c1-15(27-28-23(31)17-4-3-13-26-14-17)21-22(16-5-11-20(33-2)12-6-16)29-30(24(21)32)19-9-7-18(25)8-10-19/h3-14,29H,1-2H3,(H,28,31). The van der Waals surface area contributed by atoms with Crippen LogP contribution >= 0.6 is 0 Å². The van der Waals surface area contributed by atoms with Crippen LogP contribution in [0.4, 0.5) is 4.39 Å². The van der Waals surface area contributed by atoms with Gasteiger partial charge in [-0.05, 0) is 67.6 Å². The minimum Gasteiger partial charge on any atom is -0.497 e. The zero-order chi connectivity index (χ0) is 23.4. The second kappa shape index (κ2) is 9.31. The van der Waals surface area contributed by atoms with Crippen molar-refractivity contribution in [1.29, 1.82) is 0 Å². The quantitative estimate of drug-likeness (QED) is 0.350. The van der Waals surface area contributed by atoms with Crippen LogP contribution in [0.15, 0.2) is 83.0 Å². The molecule has 0 fully saturated rings. The topological polar surface area (TPSA) is 101 Å².